The van der Waals surface area contributed by atoms with Crippen molar-refractivity contribution in [2.75, 3.05) is 27.2 Å². The molecule has 38 heavy (non-hydrogen) atoms. The van der Waals surface area contributed by atoms with Crippen molar-refractivity contribution in [2.24, 2.45) is 7.05 Å². The fourth-order valence-corrected chi connectivity index (χ4v) is 5.69. The Hall–Kier alpha value is -4.14. The number of esters is 1. The molecule has 2 aromatic carbocycles. The molecule has 4 aromatic rings. The molecule has 9 nitrogen and oxygen atoms in total. The predicted octanol–water partition coefficient (Wildman–Crippen LogP) is 3.74. The Morgan fingerprint density at radius 3 is 2.63 bits per heavy atom. The topological polar surface area (TPSA) is 101 Å². The number of carbonyl (C=O) groups is 2. The lowest BCUT2D eigenvalue weighted by Crippen LogP contribution is -2.52. The number of likely N-dealkylation sites (N-methyl/N-ethyl adjacent to an activating group) is 1. The Morgan fingerprint density at radius 2 is 1.89 bits per heavy atom. The second kappa shape index (κ2) is 10.3. The van der Waals surface area contributed by atoms with Crippen molar-refractivity contribution in [2.45, 2.75) is 38.1 Å². The largest absolute Gasteiger partial charge is 0.467 e. The summed E-state index contributed by atoms with van der Waals surface area (Å²) in [5.74, 6) is -0.384. The highest BCUT2D eigenvalue weighted by Crippen LogP contribution is 2.28. The van der Waals surface area contributed by atoms with E-state index in [1.165, 1.54) is 12.0 Å². The number of fused-ring (bicyclic) bond motifs is 2. The van der Waals surface area contributed by atoms with Crippen LogP contribution < -0.4 is 5.56 Å². The van der Waals surface area contributed by atoms with Crippen LogP contribution in [0.5, 0.6) is 0 Å². The molecule has 1 aliphatic rings. The fraction of sp³-hybridized carbons (Fsp3) is 0.379. The SMILES string of the molecule is COC(=O)C(Cc1cc(C)c2c(cnn2C)c1)N(C)C(=O)N1CCC(c2cc3ccccc3[nH]c2=O)CC1. The van der Waals surface area contributed by atoms with Gasteiger partial charge in [0.15, 0.2) is 0 Å². The molecule has 2 aromatic heterocycles. The number of urea groups is 1. The molecular weight excluding hydrogens is 482 g/mol. The molecule has 5 rings (SSSR count). The molecule has 0 radical (unpaired) electrons. The van der Waals surface area contributed by atoms with Crippen molar-refractivity contribution in [3.63, 3.8) is 0 Å². The Kier molecular flexibility index (Phi) is 6.93. The number of aromatic amines is 1. The first kappa shape index (κ1) is 25.5. The van der Waals surface area contributed by atoms with Gasteiger partial charge in [-0.05, 0) is 60.4 Å². The van der Waals surface area contributed by atoms with Crippen molar-refractivity contribution in [1.29, 1.82) is 0 Å². The van der Waals surface area contributed by atoms with Gasteiger partial charge >= 0.3 is 12.0 Å². The predicted molar refractivity (Wildman–Crippen MR) is 146 cm³/mol. The van der Waals surface area contributed by atoms with E-state index < -0.39 is 12.0 Å². The van der Waals surface area contributed by atoms with Gasteiger partial charge in [0.05, 0.1) is 18.8 Å². The Labute approximate surface area is 221 Å². The van der Waals surface area contributed by atoms with E-state index in [2.05, 4.69) is 10.1 Å². The van der Waals surface area contributed by atoms with E-state index in [0.717, 1.165) is 38.5 Å². The lowest BCUT2D eigenvalue weighted by molar-refractivity contribution is -0.145. The molecule has 0 spiro atoms. The van der Waals surface area contributed by atoms with Gasteiger partial charge in [-0.3, -0.25) is 9.48 Å². The minimum atomic E-state index is -0.762. The number of hydrogen-bond donors (Lipinski definition) is 1. The molecule has 3 heterocycles. The number of ether oxygens (including phenoxy) is 1. The van der Waals surface area contributed by atoms with Crippen LogP contribution in [0.1, 0.15) is 35.4 Å². The Balaban J connectivity index is 1.30. The number of para-hydroxylation sites is 1. The summed E-state index contributed by atoms with van der Waals surface area (Å²) in [4.78, 5) is 45.2. The Morgan fingerprint density at radius 1 is 1.16 bits per heavy atom. The van der Waals surface area contributed by atoms with Gasteiger partial charge in [0.25, 0.3) is 5.56 Å². The third-order valence-corrected chi connectivity index (χ3v) is 7.74. The van der Waals surface area contributed by atoms with Crippen LogP contribution in [0.4, 0.5) is 4.79 Å². The molecule has 0 aliphatic carbocycles. The first-order valence-electron chi connectivity index (χ1n) is 12.9. The van der Waals surface area contributed by atoms with Crippen molar-refractivity contribution >= 4 is 33.8 Å². The summed E-state index contributed by atoms with van der Waals surface area (Å²) in [6.07, 6.45) is 3.50. The molecule has 9 heteroatoms. The first-order chi connectivity index (χ1) is 18.3. The van der Waals surface area contributed by atoms with Crippen LogP contribution in [0.25, 0.3) is 21.8 Å². The maximum atomic E-state index is 13.5. The molecule has 1 fully saturated rings. The average molecular weight is 516 g/mol. The number of aromatic nitrogens is 3. The fourth-order valence-electron chi connectivity index (χ4n) is 5.69. The Bertz CT molecular complexity index is 1560. The molecule has 1 saturated heterocycles. The summed E-state index contributed by atoms with van der Waals surface area (Å²) < 4.78 is 6.91. The maximum Gasteiger partial charge on any atom is 0.328 e. The quantitative estimate of drug-likeness (QED) is 0.408. The number of pyridine rings is 1. The summed E-state index contributed by atoms with van der Waals surface area (Å²) in [6.45, 7) is 3.03. The minimum absolute atomic E-state index is 0.0720. The van der Waals surface area contributed by atoms with Gasteiger partial charge in [-0.25, -0.2) is 9.59 Å². The number of rotatable bonds is 5. The van der Waals surface area contributed by atoms with Gasteiger partial charge in [-0.15, -0.1) is 0 Å². The number of amides is 2. The lowest BCUT2D eigenvalue weighted by Gasteiger charge is -2.36. The molecule has 1 aliphatic heterocycles. The standard InChI is InChI=1S/C29H33N5O4/c1-18-13-19(14-22-17-30-33(3)26(18)22)15-25(28(36)38-4)32(2)29(37)34-11-9-20(10-12-34)23-16-21-7-5-6-8-24(21)31-27(23)35/h5-8,13-14,16-17,20,25H,9-12,15H2,1-4H3,(H,31,35). The molecule has 0 bridgehead atoms. The average Bonchev–Trinajstić information content (AvgIpc) is 3.31. The number of methoxy groups -OCH3 is 1. The van der Waals surface area contributed by atoms with Crippen LogP contribution in [0.3, 0.4) is 0 Å². The highest BCUT2D eigenvalue weighted by Gasteiger charge is 2.33. The van der Waals surface area contributed by atoms with Crippen LogP contribution in [-0.4, -0.2) is 69.9 Å². The van der Waals surface area contributed by atoms with Gasteiger partial charge in [-0.1, -0.05) is 24.3 Å². The monoisotopic (exact) mass is 515 g/mol. The number of H-pyrrole nitrogens is 1. The second-order valence-corrected chi connectivity index (χ2v) is 10.2. The number of carbonyl (C=O) groups excluding carboxylic acids is 2. The van der Waals surface area contributed by atoms with Crippen LogP contribution in [0.15, 0.2) is 53.5 Å². The van der Waals surface area contributed by atoms with Gasteiger partial charge in [0.2, 0.25) is 0 Å². The molecule has 1 unspecified atom stereocenters. The van der Waals surface area contributed by atoms with Crippen LogP contribution in [0, 0.1) is 6.92 Å². The summed E-state index contributed by atoms with van der Waals surface area (Å²) in [7, 11) is 4.90. The van der Waals surface area contributed by atoms with Crippen LogP contribution in [0.2, 0.25) is 0 Å². The number of likely N-dealkylation sites (tertiary alicyclic amines) is 1. The minimum Gasteiger partial charge on any atom is -0.467 e. The van der Waals surface area contributed by atoms with E-state index in [-0.39, 0.29) is 17.5 Å². The molecule has 2 amide bonds. The van der Waals surface area contributed by atoms with Crippen molar-refractivity contribution < 1.29 is 14.3 Å². The molecular formula is C29H33N5O4. The normalized spacial score (nSPS) is 15.1. The van der Waals surface area contributed by atoms with Crippen molar-refractivity contribution in [3.05, 3.63) is 75.7 Å². The van der Waals surface area contributed by atoms with Gasteiger partial charge in [-0.2, -0.15) is 5.10 Å². The van der Waals surface area contributed by atoms with E-state index in [1.807, 2.05) is 61.1 Å². The lowest BCUT2D eigenvalue weighted by atomic mass is 9.89. The zero-order chi connectivity index (χ0) is 27.0. The smallest absolute Gasteiger partial charge is 0.328 e. The maximum absolute atomic E-state index is 13.5. The summed E-state index contributed by atoms with van der Waals surface area (Å²) in [5.41, 5.74) is 4.55. The molecule has 1 atom stereocenters. The third-order valence-electron chi connectivity index (χ3n) is 7.74. The number of nitrogens with zero attached hydrogens (tertiary/aromatic N) is 4. The number of aryl methyl sites for hydroxylation is 2. The summed E-state index contributed by atoms with van der Waals surface area (Å²) >= 11 is 0. The molecule has 1 N–H and O–H groups in total. The van der Waals surface area contributed by atoms with E-state index in [1.54, 1.807) is 18.1 Å². The number of piperidine rings is 1. The van der Waals surface area contributed by atoms with Crippen molar-refractivity contribution in [1.82, 2.24) is 24.6 Å². The second-order valence-electron chi connectivity index (χ2n) is 10.2. The van der Waals surface area contributed by atoms with E-state index >= 15 is 0 Å². The molecule has 198 valence electrons. The summed E-state index contributed by atoms with van der Waals surface area (Å²) in [6, 6.07) is 12.8. The zero-order valence-electron chi connectivity index (χ0n) is 22.2. The van der Waals surface area contributed by atoms with E-state index in [4.69, 9.17) is 4.74 Å². The van der Waals surface area contributed by atoms with Gasteiger partial charge in [0.1, 0.15) is 6.04 Å². The van der Waals surface area contributed by atoms with Gasteiger partial charge < -0.3 is 19.5 Å². The van der Waals surface area contributed by atoms with E-state index in [0.29, 0.717) is 32.4 Å². The number of hydrogen-bond acceptors (Lipinski definition) is 5. The van der Waals surface area contributed by atoms with Gasteiger partial charge in [0, 0.05) is 50.1 Å². The number of nitrogens with one attached hydrogen (secondary N) is 1. The zero-order valence-corrected chi connectivity index (χ0v) is 22.2. The van der Waals surface area contributed by atoms with Crippen LogP contribution >= 0.6 is 0 Å². The molecule has 0 saturated carbocycles. The van der Waals surface area contributed by atoms with Crippen LogP contribution in [-0.2, 0) is 23.0 Å². The van der Waals surface area contributed by atoms with E-state index in [9.17, 15) is 14.4 Å². The first-order valence-corrected chi connectivity index (χ1v) is 12.9. The van der Waals surface area contributed by atoms with Crippen molar-refractivity contribution in [3.8, 4) is 0 Å². The summed E-state index contributed by atoms with van der Waals surface area (Å²) in [5, 5.41) is 6.33. The number of benzene rings is 2. The highest BCUT2D eigenvalue weighted by atomic mass is 16.5. The third kappa shape index (κ3) is 4.76. The highest BCUT2D eigenvalue weighted by molar-refractivity contribution is 5.85.